The maximum absolute atomic E-state index is 15.6. The van der Waals surface area contributed by atoms with Crippen molar-refractivity contribution in [2.45, 2.75) is 51.1 Å². The first kappa shape index (κ1) is 28.7. The third-order valence-electron chi connectivity index (χ3n) is 7.76. The summed E-state index contributed by atoms with van der Waals surface area (Å²) in [7, 11) is 1.46. The number of piperidine rings is 1. The molecule has 210 valence electrons. The molecular formula is C29H31F5N2O3. The van der Waals surface area contributed by atoms with E-state index in [-0.39, 0.29) is 36.8 Å². The summed E-state index contributed by atoms with van der Waals surface area (Å²) in [5.41, 5.74) is -0.485. The molecule has 1 aromatic heterocycles. The normalized spacial score (nSPS) is 16.4. The molecule has 0 saturated carbocycles. The number of alkyl halides is 1. The molecule has 10 heteroatoms. The molecule has 0 unspecified atom stereocenters. The first-order chi connectivity index (χ1) is 18.6. The van der Waals surface area contributed by atoms with Gasteiger partial charge in [0.05, 0.1) is 25.2 Å². The van der Waals surface area contributed by atoms with Gasteiger partial charge in [-0.1, -0.05) is 0 Å². The zero-order valence-corrected chi connectivity index (χ0v) is 21.7. The van der Waals surface area contributed by atoms with Gasteiger partial charge in [-0.2, -0.15) is 0 Å². The molecule has 1 saturated heterocycles. The zero-order valence-electron chi connectivity index (χ0n) is 21.7. The number of methoxy groups -OCH3 is 1. The van der Waals surface area contributed by atoms with Crippen molar-refractivity contribution in [3.63, 3.8) is 0 Å². The predicted octanol–water partition coefficient (Wildman–Crippen LogP) is 6.78. The predicted molar refractivity (Wildman–Crippen MR) is 136 cm³/mol. The number of hydrogen-bond donors (Lipinski definition) is 1. The molecule has 2 heterocycles. The lowest BCUT2D eigenvalue weighted by molar-refractivity contribution is -0.141. The second-order valence-electron chi connectivity index (χ2n) is 10.3. The molecule has 3 aromatic rings. The van der Waals surface area contributed by atoms with Crippen molar-refractivity contribution in [2.24, 2.45) is 5.41 Å². The number of pyridine rings is 1. The molecule has 5 nitrogen and oxygen atoms in total. The summed E-state index contributed by atoms with van der Waals surface area (Å²) in [5.74, 6) is -4.09. The van der Waals surface area contributed by atoms with Crippen LogP contribution in [0.1, 0.15) is 55.8 Å². The summed E-state index contributed by atoms with van der Waals surface area (Å²) in [6.45, 7) is 1.62. The number of carbonyl (C=O) groups is 1. The van der Waals surface area contributed by atoms with Crippen LogP contribution < -0.4 is 4.74 Å². The smallest absolute Gasteiger partial charge is 0.303 e. The van der Waals surface area contributed by atoms with Crippen LogP contribution in [0.2, 0.25) is 0 Å². The maximum atomic E-state index is 15.6. The summed E-state index contributed by atoms with van der Waals surface area (Å²) in [4.78, 5) is 17.8. The highest BCUT2D eigenvalue weighted by Crippen LogP contribution is 2.43. The molecule has 0 radical (unpaired) electrons. The average Bonchev–Trinajstić information content (AvgIpc) is 2.89. The largest absolute Gasteiger partial charge is 0.497 e. The van der Waals surface area contributed by atoms with Crippen molar-refractivity contribution < 1.29 is 36.6 Å². The van der Waals surface area contributed by atoms with Crippen LogP contribution in [0.4, 0.5) is 22.0 Å². The molecular weight excluding hydrogens is 519 g/mol. The van der Waals surface area contributed by atoms with Gasteiger partial charge < -0.3 is 14.7 Å². The number of aliphatic carboxylic acids is 1. The van der Waals surface area contributed by atoms with Crippen molar-refractivity contribution in [3.05, 3.63) is 70.9 Å². The van der Waals surface area contributed by atoms with Crippen LogP contribution in [0, 0.1) is 28.7 Å². The number of fused-ring (bicyclic) bond motifs is 1. The van der Waals surface area contributed by atoms with E-state index in [2.05, 4.69) is 9.88 Å². The van der Waals surface area contributed by atoms with Crippen LogP contribution in [0.3, 0.4) is 0 Å². The average molecular weight is 551 g/mol. The Balaban J connectivity index is 1.39. The van der Waals surface area contributed by atoms with E-state index >= 15 is 4.39 Å². The molecule has 1 fully saturated rings. The first-order valence-corrected chi connectivity index (χ1v) is 12.9. The Morgan fingerprint density at radius 2 is 1.79 bits per heavy atom. The van der Waals surface area contributed by atoms with Crippen LogP contribution in [0.25, 0.3) is 10.9 Å². The van der Waals surface area contributed by atoms with Crippen molar-refractivity contribution in [1.82, 2.24) is 9.88 Å². The lowest BCUT2D eigenvalue weighted by Crippen LogP contribution is -2.41. The maximum Gasteiger partial charge on any atom is 0.303 e. The second-order valence-corrected chi connectivity index (χ2v) is 10.3. The number of aromatic nitrogens is 1. The Morgan fingerprint density at radius 3 is 2.44 bits per heavy atom. The van der Waals surface area contributed by atoms with E-state index in [9.17, 15) is 27.5 Å². The fraction of sp³-hybridized carbons (Fsp3) is 0.448. The van der Waals surface area contributed by atoms with Crippen LogP contribution in [-0.4, -0.2) is 47.7 Å². The van der Waals surface area contributed by atoms with Crippen molar-refractivity contribution >= 4 is 16.9 Å². The van der Waals surface area contributed by atoms with Gasteiger partial charge in [-0.3, -0.25) is 9.78 Å². The quantitative estimate of drug-likeness (QED) is 0.267. The van der Waals surface area contributed by atoms with Gasteiger partial charge in [0.1, 0.15) is 35.2 Å². The third kappa shape index (κ3) is 6.84. The molecule has 39 heavy (non-hydrogen) atoms. The number of nitrogens with zero attached hydrogens (tertiary/aromatic N) is 2. The Hall–Kier alpha value is -3.27. The second kappa shape index (κ2) is 12.3. The van der Waals surface area contributed by atoms with Crippen LogP contribution in [0.5, 0.6) is 5.75 Å². The van der Waals surface area contributed by atoms with E-state index in [4.69, 9.17) is 4.74 Å². The number of ether oxygens (including phenoxy) is 1. The first-order valence-electron chi connectivity index (χ1n) is 12.9. The minimum atomic E-state index is -1.66. The summed E-state index contributed by atoms with van der Waals surface area (Å²) in [6.07, 6.45) is 0.948. The minimum absolute atomic E-state index is 0.0519. The lowest BCUT2D eigenvalue weighted by atomic mass is 9.71. The van der Waals surface area contributed by atoms with Gasteiger partial charge in [-0.15, -0.1) is 0 Å². The Labute approximate surface area is 223 Å². The van der Waals surface area contributed by atoms with Crippen LogP contribution in [-0.2, 0) is 11.2 Å². The van der Waals surface area contributed by atoms with Crippen molar-refractivity contribution in [2.75, 3.05) is 26.7 Å². The van der Waals surface area contributed by atoms with Gasteiger partial charge in [0.15, 0.2) is 0 Å². The lowest BCUT2D eigenvalue weighted by Gasteiger charge is -2.41. The highest BCUT2D eigenvalue weighted by molar-refractivity contribution is 5.84. The molecule has 1 aliphatic rings. The van der Waals surface area contributed by atoms with Gasteiger partial charge in [-0.25, -0.2) is 22.0 Å². The minimum Gasteiger partial charge on any atom is -0.497 e. The van der Waals surface area contributed by atoms with Gasteiger partial charge in [0, 0.05) is 28.6 Å². The number of halogens is 5. The van der Waals surface area contributed by atoms with E-state index in [1.807, 2.05) is 0 Å². The molecule has 0 amide bonds. The molecule has 4 rings (SSSR count). The van der Waals surface area contributed by atoms with Crippen molar-refractivity contribution in [1.29, 1.82) is 0 Å². The fourth-order valence-corrected chi connectivity index (χ4v) is 5.57. The molecule has 0 spiro atoms. The number of carboxylic acid groups (broad SMARTS) is 1. The topological polar surface area (TPSA) is 62.7 Å². The molecule has 0 aliphatic carbocycles. The summed E-state index contributed by atoms with van der Waals surface area (Å²) < 4.78 is 76.4. The standard InChI is InChI=1S/C29H31F5N2O3/c1-39-19-4-5-26-21(15-19)28(25(34)17-35-26)22(31)6-7-29(16-27(37)38)8-11-36(12-9-29)10-2-3-20-23(32)13-18(30)14-24(20)33/h4-5,13-15,17,22H,2-3,6-12,16H2,1H3,(H,37,38)/t22-/m1/s1. The SMILES string of the molecule is COc1ccc2ncc(F)c([C@H](F)CCC3(CC(=O)O)CCN(CCCc4c(F)cc(F)cc4F)CC3)c2c1. The van der Waals surface area contributed by atoms with E-state index in [1.165, 1.54) is 7.11 Å². The number of carboxylic acids is 1. The Bertz CT molecular complexity index is 1300. The summed E-state index contributed by atoms with van der Waals surface area (Å²) in [6, 6.07) is 6.16. The Kier molecular flexibility index (Phi) is 9.04. The van der Waals surface area contributed by atoms with E-state index in [0.717, 1.165) is 6.20 Å². The highest BCUT2D eigenvalue weighted by Gasteiger charge is 2.37. The molecule has 1 N–H and O–H groups in total. The number of hydrogen-bond acceptors (Lipinski definition) is 4. The highest BCUT2D eigenvalue weighted by atomic mass is 19.2. The van der Waals surface area contributed by atoms with E-state index in [1.54, 1.807) is 18.2 Å². The van der Waals surface area contributed by atoms with Gasteiger partial charge >= 0.3 is 5.97 Å². The number of benzene rings is 2. The van der Waals surface area contributed by atoms with Gasteiger partial charge in [-0.05, 0) is 81.8 Å². The molecule has 1 atom stereocenters. The van der Waals surface area contributed by atoms with Gasteiger partial charge in [0.25, 0.3) is 0 Å². The number of likely N-dealkylation sites (tertiary alicyclic amines) is 1. The number of rotatable bonds is 11. The summed E-state index contributed by atoms with van der Waals surface area (Å²) in [5, 5.41) is 9.89. The summed E-state index contributed by atoms with van der Waals surface area (Å²) >= 11 is 0. The molecule has 2 aromatic carbocycles. The molecule has 0 bridgehead atoms. The van der Waals surface area contributed by atoms with Crippen LogP contribution >= 0.6 is 0 Å². The van der Waals surface area contributed by atoms with Crippen LogP contribution in [0.15, 0.2) is 36.5 Å². The zero-order chi connectivity index (χ0) is 28.2. The van der Waals surface area contributed by atoms with E-state index < -0.39 is 40.8 Å². The Morgan fingerprint density at radius 1 is 1.10 bits per heavy atom. The fourth-order valence-electron chi connectivity index (χ4n) is 5.57. The van der Waals surface area contributed by atoms with Crippen molar-refractivity contribution in [3.8, 4) is 5.75 Å². The van der Waals surface area contributed by atoms with Gasteiger partial charge in [0.2, 0.25) is 0 Å². The molecule has 1 aliphatic heterocycles. The van der Waals surface area contributed by atoms with E-state index in [0.29, 0.717) is 67.7 Å². The third-order valence-corrected chi connectivity index (χ3v) is 7.76. The monoisotopic (exact) mass is 550 g/mol.